The molecule has 1 aliphatic carbocycles. The largest absolute Gasteiger partial charge is 0.497 e. The van der Waals surface area contributed by atoms with E-state index in [1.807, 2.05) is 47.4 Å². The molecule has 5 nitrogen and oxygen atoms in total. The zero-order chi connectivity index (χ0) is 20.2. The third kappa shape index (κ3) is 3.36. The topological polar surface area (TPSA) is 47.4 Å². The zero-order valence-corrected chi connectivity index (χ0v) is 17.5. The van der Waals surface area contributed by atoms with E-state index in [1.54, 1.807) is 7.11 Å². The maximum Gasteiger partial charge on any atom is 0.227 e. The Labute approximate surface area is 179 Å². The van der Waals surface area contributed by atoms with E-state index < -0.39 is 4.33 Å². The van der Waals surface area contributed by atoms with E-state index in [2.05, 4.69) is 10.6 Å². The van der Waals surface area contributed by atoms with Crippen LogP contribution in [-0.4, -0.2) is 33.4 Å². The SMILES string of the molecule is COc1ccc(N2C[C@@H](c3nc4ccccc4n3C[C@@H]3CC3(Cl)Cl)CC2=O)cc1. The molecule has 2 aliphatic rings. The van der Waals surface area contributed by atoms with Crippen molar-refractivity contribution in [3.8, 4) is 5.75 Å². The smallest absolute Gasteiger partial charge is 0.227 e. The molecule has 0 bridgehead atoms. The highest BCUT2D eigenvalue weighted by atomic mass is 35.5. The molecule has 3 aromatic rings. The van der Waals surface area contributed by atoms with Gasteiger partial charge in [0.2, 0.25) is 5.91 Å². The number of amides is 1. The number of fused-ring (bicyclic) bond motifs is 1. The first-order valence-electron chi connectivity index (χ1n) is 9.73. The van der Waals surface area contributed by atoms with Crippen molar-refractivity contribution in [3.63, 3.8) is 0 Å². The predicted molar refractivity (Wildman–Crippen MR) is 115 cm³/mol. The number of methoxy groups -OCH3 is 1. The Balaban J connectivity index is 1.46. The fourth-order valence-corrected chi connectivity index (χ4v) is 4.69. The summed E-state index contributed by atoms with van der Waals surface area (Å²) in [5.41, 5.74) is 2.88. The average molecular weight is 430 g/mol. The number of aromatic nitrogens is 2. The van der Waals surface area contributed by atoms with E-state index in [-0.39, 0.29) is 17.7 Å². The van der Waals surface area contributed by atoms with Gasteiger partial charge in [-0.05, 0) is 42.8 Å². The molecule has 2 aromatic carbocycles. The maximum absolute atomic E-state index is 12.8. The zero-order valence-electron chi connectivity index (χ0n) is 16.0. The van der Waals surface area contributed by atoms with Crippen molar-refractivity contribution in [2.24, 2.45) is 5.92 Å². The number of para-hydroxylation sites is 2. The Morgan fingerprint density at radius 2 is 1.90 bits per heavy atom. The number of ether oxygens (including phenoxy) is 1. The third-order valence-electron chi connectivity index (χ3n) is 5.92. The van der Waals surface area contributed by atoms with Crippen LogP contribution in [0, 0.1) is 5.92 Å². The normalized spacial score (nSPS) is 23.0. The number of carbonyl (C=O) groups excluding carboxylic acids is 1. The van der Waals surface area contributed by atoms with Crippen molar-refractivity contribution >= 4 is 45.8 Å². The summed E-state index contributed by atoms with van der Waals surface area (Å²) >= 11 is 12.6. The summed E-state index contributed by atoms with van der Waals surface area (Å²) in [6.07, 6.45) is 1.22. The molecule has 1 amide bonds. The molecular formula is C22H21Cl2N3O2. The van der Waals surface area contributed by atoms with Crippen LogP contribution in [-0.2, 0) is 11.3 Å². The lowest BCUT2D eigenvalue weighted by atomic mass is 10.1. The number of anilines is 1. The number of alkyl halides is 2. The molecule has 7 heteroatoms. The van der Waals surface area contributed by atoms with E-state index in [4.69, 9.17) is 32.9 Å². The molecule has 0 spiro atoms. The first-order chi connectivity index (χ1) is 14.0. The Hall–Kier alpha value is -2.24. The van der Waals surface area contributed by atoms with Gasteiger partial charge in [-0.1, -0.05) is 12.1 Å². The molecule has 2 fully saturated rings. The summed E-state index contributed by atoms with van der Waals surface area (Å²) in [5.74, 6) is 2.04. The van der Waals surface area contributed by atoms with Crippen LogP contribution in [0.2, 0.25) is 0 Å². The average Bonchev–Trinajstić information content (AvgIpc) is 3.04. The van der Waals surface area contributed by atoms with Gasteiger partial charge in [0.15, 0.2) is 0 Å². The highest BCUT2D eigenvalue weighted by Gasteiger charge is 2.52. The van der Waals surface area contributed by atoms with Crippen LogP contribution < -0.4 is 9.64 Å². The van der Waals surface area contributed by atoms with Gasteiger partial charge >= 0.3 is 0 Å². The van der Waals surface area contributed by atoms with Crippen LogP contribution in [0.1, 0.15) is 24.6 Å². The Morgan fingerprint density at radius 1 is 1.17 bits per heavy atom. The van der Waals surface area contributed by atoms with Crippen LogP contribution >= 0.6 is 23.2 Å². The van der Waals surface area contributed by atoms with E-state index in [0.29, 0.717) is 13.0 Å². The van der Waals surface area contributed by atoms with Crippen LogP contribution in [0.3, 0.4) is 0 Å². The Bertz CT molecular complexity index is 1080. The van der Waals surface area contributed by atoms with E-state index in [9.17, 15) is 4.79 Å². The lowest BCUT2D eigenvalue weighted by Crippen LogP contribution is -2.24. The van der Waals surface area contributed by atoms with Gasteiger partial charge in [-0.15, -0.1) is 23.2 Å². The van der Waals surface area contributed by atoms with Crippen molar-refractivity contribution in [3.05, 3.63) is 54.4 Å². The number of imidazole rings is 1. The van der Waals surface area contributed by atoms with Gasteiger partial charge in [0.25, 0.3) is 0 Å². The molecule has 0 radical (unpaired) electrons. The second kappa shape index (κ2) is 6.92. The molecule has 2 heterocycles. The Morgan fingerprint density at radius 3 is 2.59 bits per heavy atom. The highest BCUT2D eigenvalue weighted by molar-refractivity contribution is 6.50. The van der Waals surface area contributed by atoms with Gasteiger partial charge < -0.3 is 14.2 Å². The van der Waals surface area contributed by atoms with Crippen LogP contribution in [0.4, 0.5) is 5.69 Å². The number of benzene rings is 2. The summed E-state index contributed by atoms with van der Waals surface area (Å²) < 4.78 is 6.78. The van der Waals surface area contributed by atoms with Gasteiger partial charge in [0.1, 0.15) is 15.9 Å². The second-order valence-electron chi connectivity index (χ2n) is 7.83. The van der Waals surface area contributed by atoms with Crippen molar-refractivity contribution in [1.82, 2.24) is 9.55 Å². The maximum atomic E-state index is 12.8. The molecule has 1 saturated carbocycles. The number of hydrogen-bond acceptors (Lipinski definition) is 3. The van der Waals surface area contributed by atoms with Crippen LogP contribution in [0.25, 0.3) is 11.0 Å². The minimum absolute atomic E-state index is 0.0239. The number of nitrogens with zero attached hydrogens (tertiary/aromatic N) is 3. The summed E-state index contributed by atoms with van der Waals surface area (Å²) in [6.45, 7) is 1.32. The minimum atomic E-state index is -0.650. The van der Waals surface area contributed by atoms with Crippen LogP contribution in [0.15, 0.2) is 48.5 Å². The minimum Gasteiger partial charge on any atom is -0.497 e. The molecule has 1 saturated heterocycles. The molecule has 2 atom stereocenters. The molecule has 1 aliphatic heterocycles. The summed E-state index contributed by atoms with van der Waals surface area (Å²) in [5, 5.41) is 0. The summed E-state index contributed by atoms with van der Waals surface area (Å²) in [7, 11) is 1.63. The van der Waals surface area contributed by atoms with E-state index in [0.717, 1.165) is 41.3 Å². The molecule has 0 N–H and O–H groups in total. The molecule has 29 heavy (non-hydrogen) atoms. The fourth-order valence-electron chi connectivity index (χ4n) is 4.18. The monoisotopic (exact) mass is 429 g/mol. The summed E-state index contributed by atoms with van der Waals surface area (Å²) in [4.78, 5) is 19.5. The number of carbonyl (C=O) groups is 1. The van der Waals surface area contributed by atoms with Crippen molar-refractivity contribution in [2.45, 2.75) is 29.6 Å². The molecule has 150 valence electrons. The molecule has 1 aromatic heterocycles. The van der Waals surface area contributed by atoms with Crippen molar-refractivity contribution in [1.29, 1.82) is 0 Å². The Kier molecular flexibility index (Phi) is 4.48. The third-order valence-corrected chi connectivity index (χ3v) is 6.84. The van der Waals surface area contributed by atoms with Gasteiger partial charge in [-0.25, -0.2) is 4.98 Å². The van der Waals surface area contributed by atoms with E-state index in [1.165, 1.54) is 0 Å². The van der Waals surface area contributed by atoms with Gasteiger partial charge in [0.05, 0.1) is 18.1 Å². The second-order valence-corrected chi connectivity index (χ2v) is 9.38. The van der Waals surface area contributed by atoms with Gasteiger partial charge in [-0.2, -0.15) is 0 Å². The fraction of sp³-hybridized carbons (Fsp3) is 0.364. The standard InChI is InChI=1S/C22H21Cl2N3O2/c1-29-17-8-6-16(7-9-17)26-12-14(10-20(26)28)21-25-18-4-2-3-5-19(18)27(21)13-15-11-22(15,23)24/h2-9,14-15H,10-13H2,1H3/t14-,15-/m0/s1. The van der Waals surface area contributed by atoms with Crippen molar-refractivity contribution < 1.29 is 9.53 Å². The van der Waals surface area contributed by atoms with Crippen molar-refractivity contribution in [2.75, 3.05) is 18.6 Å². The predicted octanol–water partition coefficient (Wildman–Crippen LogP) is 4.76. The van der Waals surface area contributed by atoms with Crippen LogP contribution in [0.5, 0.6) is 5.75 Å². The first-order valence-corrected chi connectivity index (χ1v) is 10.5. The quantitative estimate of drug-likeness (QED) is 0.549. The lowest BCUT2D eigenvalue weighted by molar-refractivity contribution is -0.117. The lowest BCUT2D eigenvalue weighted by Gasteiger charge is -2.18. The van der Waals surface area contributed by atoms with E-state index >= 15 is 0 Å². The van der Waals surface area contributed by atoms with Gasteiger partial charge in [0, 0.05) is 37.0 Å². The molecular weight excluding hydrogens is 409 g/mol. The first kappa shape index (κ1) is 18.8. The molecule has 0 unspecified atom stereocenters. The van der Waals surface area contributed by atoms with Gasteiger partial charge in [-0.3, -0.25) is 4.79 Å². The number of rotatable bonds is 5. The number of halogens is 2. The highest BCUT2D eigenvalue weighted by Crippen LogP contribution is 2.54. The molecule has 5 rings (SSSR count). The summed E-state index contributed by atoms with van der Waals surface area (Å²) in [6, 6.07) is 15.7. The number of hydrogen-bond donors (Lipinski definition) is 0.